The van der Waals surface area contributed by atoms with Gasteiger partial charge in [-0.1, -0.05) is 72.8 Å². The van der Waals surface area contributed by atoms with E-state index >= 15 is 0 Å². The largest absolute Gasteiger partial charge is 0.388 e. The highest BCUT2D eigenvalue weighted by molar-refractivity contribution is 5.86. The first-order valence-corrected chi connectivity index (χ1v) is 7.70. The van der Waals surface area contributed by atoms with E-state index in [4.69, 9.17) is 0 Å². The van der Waals surface area contributed by atoms with Gasteiger partial charge in [0.1, 0.15) is 0 Å². The molecule has 0 bridgehead atoms. The van der Waals surface area contributed by atoms with Crippen molar-refractivity contribution < 1.29 is 9.90 Å². The van der Waals surface area contributed by atoms with Gasteiger partial charge in [-0.3, -0.25) is 4.79 Å². The van der Waals surface area contributed by atoms with Crippen LogP contribution in [0.15, 0.2) is 72.8 Å². The van der Waals surface area contributed by atoms with Crippen LogP contribution in [0, 0.1) is 0 Å². The van der Waals surface area contributed by atoms with Crippen LogP contribution in [0.25, 0.3) is 10.8 Å². The maximum absolute atomic E-state index is 12.1. The number of hydrogen-bond acceptors (Lipinski definition) is 2. The highest BCUT2D eigenvalue weighted by Crippen LogP contribution is 2.19. The zero-order chi connectivity index (χ0) is 16.1. The lowest BCUT2D eigenvalue weighted by Gasteiger charge is -2.12. The van der Waals surface area contributed by atoms with Gasteiger partial charge in [-0.05, 0) is 21.9 Å². The van der Waals surface area contributed by atoms with Gasteiger partial charge in [0.2, 0.25) is 5.91 Å². The fraction of sp³-hybridized carbons (Fsp3) is 0.150. The summed E-state index contributed by atoms with van der Waals surface area (Å²) in [6.07, 6.45) is -0.710. The van der Waals surface area contributed by atoms with Gasteiger partial charge in [-0.2, -0.15) is 0 Å². The molecule has 3 rings (SSSR count). The SMILES string of the molecule is O=C(CC(O)c1ccccc1)NCc1cccc2ccccc12. The Labute approximate surface area is 135 Å². The molecule has 0 spiro atoms. The fourth-order valence-electron chi connectivity index (χ4n) is 2.68. The van der Waals surface area contributed by atoms with Crippen molar-refractivity contribution in [2.45, 2.75) is 19.1 Å². The van der Waals surface area contributed by atoms with Crippen LogP contribution in [0.2, 0.25) is 0 Å². The van der Waals surface area contributed by atoms with Gasteiger partial charge in [-0.15, -0.1) is 0 Å². The Balaban J connectivity index is 1.62. The zero-order valence-corrected chi connectivity index (χ0v) is 12.8. The standard InChI is InChI=1S/C20H19NO2/c22-19(16-8-2-1-3-9-16)13-20(23)21-14-17-11-6-10-15-7-4-5-12-18(15)17/h1-12,19,22H,13-14H2,(H,21,23). The average Bonchev–Trinajstić information content (AvgIpc) is 2.60. The number of fused-ring (bicyclic) bond motifs is 1. The molecule has 2 N–H and O–H groups in total. The molecule has 0 radical (unpaired) electrons. The zero-order valence-electron chi connectivity index (χ0n) is 12.8. The molecule has 0 aliphatic heterocycles. The topological polar surface area (TPSA) is 49.3 Å². The van der Waals surface area contributed by atoms with Gasteiger partial charge in [0, 0.05) is 6.54 Å². The van der Waals surface area contributed by atoms with E-state index in [1.807, 2.05) is 54.6 Å². The molecule has 1 unspecified atom stereocenters. The Hall–Kier alpha value is -2.65. The lowest BCUT2D eigenvalue weighted by atomic mass is 10.0. The number of carbonyl (C=O) groups excluding carboxylic acids is 1. The van der Waals surface area contributed by atoms with Gasteiger partial charge in [0.05, 0.1) is 12.5 Å². The lowest BCUT2D eigenvalue weighted by molar-refractivity contribution is -0.123. The van der Waals surface area contributed by atoms with Gasteiger partial charge < -0.3 is 10.4 Å². The molecular formula is C20H19NO2. The van der Waals surface area contributed by atoms with Crippen LogP contribution >= 0.6 is 0 Å². The molecule has 0 aromatic heterocycles. The van der Waals surface area contributed by atoms with Crippen LogP contribution in [0.4, 0.5) is 0 Å². The maximum Gasteiger partial charge on any atom is 0.223 e. The molecule has 0 aliphatic carbocycles. The van der Waals surface area contributed by atoms with E-state index in [-0.39, 0.29) is 12.3 Å². The molecule has 1 amide bonds. The number of amides is 1. The summed E-state index contributed by atoms with van der Waals surface area (Å²) in [7, 11) is 0. The van der Waals surface area contributed by atoms with E-state index < -0.39 is 6.10 Å². The number of nitrogens with one attached hydrogen (secondary N) is 1. The van der Waals surface area contributed by atoms with Crippen molar-refractivity contribution in [1.29, 1.82) is 0 Å². The van der Waals surface area contributed by atoms with Crippen molar-refractivity contribution >= 4 is 16.7 Å². The van der Waals surface area contributed by atoms with E-state index in [9.17, 15) is 9.90 Å². The smallest absolute Gasteiger partial charge is 0.223 e. The van der Waals surface area contributed by atoms with Crippen LogP contribution in [-0.4, -0.2) is 11.0 Å². The number of hydrogen-bond donors (Lipinski definition) is 2. The third-order valence-electron chi connectivity index (χ3n) is 3.92. The number of carbonyl (C=O) groups is 1. The number of aliphatic hydroxyl groups excluding tert-OH is 1. The Morgan fingerprint density at radius 1 is 0.913 bits per heavy atom. The van der Waals surface area contributed by atoms with Gasteiger partial charge >= 0.3 is 0 Å². The minimum absolute atomic E-state index is 0.0643. The van der Waals surface area contributed by atoms with Crippen LogP contribution < -0.4 is 5.32 Å². The van der Waals surface area contributed by atoms with E-state index in [0.717, 1.165) is 21.9 Å². The normalized spacial score (nSPS) is 12.0. The number of benzene rings is 3. The van der Waals surface area contributed by atoms with Crippen molar-refractivity contribution in [3.8, 4) is 0 Å². The van der Waals surface area contributed by atoms with E-state index in [1.165, 1.54) is 0 Å². The minimum Gasteiger partial charge on any atom is -0.388 e. The van der Waals surface area contributed by atoms with E-state index in [1.54, 1.807) is 0 Å². The Kier molecular flexibility index (Phi) is 4.69. The Bertz CT molecular complexity index is 794. The van der Waals surface area contributed by atoms with Crippen molar-refractivity contribution in [2.75, 3.05) is 0 Å². The van der Waals surface area contributed by atoms with Crippen molar-refractivity contribution in [3.05, 3.63) is 83.9 Å². The number of aliphatic hydroxyl groups is 1. The minimum atomic E-state index is -0.774. The molecule has 0 heterocycles. The van der Waals surface area contributed by atoms with Crippen LogP contribution in [-0.2, 0) is 11.3 Å². The maximum atomic E-state index is 12.1. The molecule has 3 nitrogen and oxygen atoms in total. The second-order valence-electron chi connectivity index (χ2n) is 5.55. The Morgan fingerprint density at radius 3 is 2.43 bits per heavy atom. The summed E-state index contributed by atoms with van der Waals surface area (Å²) >= 11 is 0. The molecule has 0 saturated carbocycles. The summed E-state index contributed by atoms with van der Waals surface area (Å²) in [4.78, 5) is 12.1. The van der Waals surface area contributed by atoms with Gasteiger partial charge in [0.25, 0.3) is 0 Å². The van der Waals surface area contributed by atoms with Crippen LogP contribution in [0.5, 0.6) is 0 Å². The predicted octanol–water partition coefficient (Wildman–Crippen LogP) is 3.58. The highest BCUT2D eigenvalue weighted by atomic mass is 16.3. The molecule has 1 atom stereocenters. The third-order valence-corrected chi connectivity index (χ3v) is 3.92. The molecular weight excluding hydrogens is 286 g/mol. The quantitative estimate of drug-likeness (QED) is 0.757. The number of rotatable bonds is 5. The summed E-state index contributed by atoms with van der Waals surface area (Å²) in [5, 5.41) is 15.3. The van der Waals surface area contributed by atoms with Gasteiger partial charge in [-0.25, -0.2) is 0 Å². The molecule has 23 heavy (non-hydrogen) atoms. The van der Waals surface area contributed by atoms with Gasteiger partial charge in [0.15, 0.2) is 0 Å². The van der Waals surface area contributed by atoms with Crippen LogP contribution in [0.1, 0.15) is 23.7 Å². The third kappa shape index (κ3) is 3.76. The first kappa shape index (κ1) is 15.3. The van der Waals surface area contributed by atoms with Crippen LogP contribution in [0.3, 0.4) is 0 Å². The molecule has 3 aromatic carbocycles. The second-order valence-corrected chi connectivity index (χ2v) is 5.55. The lowest BCUT2D eigenvalue weighted by Crippen LogP contribution is -2.24. The monoisotopic (exact) mass is 305 g/mol. The molecule has 3 aromatic rings. The molecule has 0 fully saturated rings. The summed E-state index contributed by atoms with van der Waals surface area (Å²) in [6.45, 7) is 0.460. The summed E-state index contributed by atoms with van der Waals surface area (Å²) in [5.41, 5.74) is 1.83. The molecule has 3 heteroatoms. The predicted molar refractivity (Wildman–Crippen MR) is 91.8 cm³/mol. The first-order valence-electron chi connectivity index (χ1n) is 7.70. The van der Waals surface area contributed by atoms with Crippen molar-refractivity contribution in [2.24, 2.45) is 0 Å². The second kappa shape index (κ2) is 7.07. The van der Waals surface area contributed by atoms with E-state index in [0.29, 0.717) is 6.54 Å². The van der Waals surface area contributed by atoms with Crippen molar-refractivity contribution in [1.82, 2.24) is 5.32 Å². The molecule has 116 valence electrons. The average molecular weight is 305 g/mol. The van der Waals surface area contributed by atoms with Crippen molar-refractivity contribution in [3.63, 3.8) is 0 Å². The fourth-order valence-corrected chi connectivity index (χ4v) is 2.68. The Morgan fingerprint density at radius 2 is 1.61 bits per heavy atom. The molecule has 0 aliphatic rings. The summed E-state index contributed by atoms with van der Waals surface area (Å²) in [5.74, 6) is -0.158. The summed E-state index contributed by atoms with van der Waals surface area (Å²) in [6, 6.07) is 23.4. The van der Waals surface area contributed by atoms with E-state index in [2.05, 4.69) is 23.5 Å². The molecule has 0 saturated heterocycles. The highest BCUT2D eigenvalue weighted by Gasteiger charge is 2.12. The first-order chi connectivity index (χ1) is 11.2. The summed E-state index contributed by atoms with van der Waals surface area (Å²) < 4.78 is 0.